The van der Waals surface area contributed by atoms with Crippen molar-refractivity contribution in [2.24, 2.45) is 0 Å². The van der Waals surface area contributed by atoms with Crippen LogP contribution in [0.5, 0.6) is 0 Å². The first-order chi connectivity index (χ1) is 9.13. The maximum absolute atomic E-state index is 11.5. The lowest BCUT2D eigenvalue weighted by molar-refractivity contribution is 0.0602. The number of rotatable bonds is 4. The number of carbonyl (C=O) groups excluding carboxylic acids is 1. The van der Waals surface area contributed by atoms with Crippen molar-refractivity contribution < 1.29 is 9.53 Å². The lowest BCUT2D eigenvalue weighted by Gasteiger charge is -2.11. The van der Waals surface area contributed by atoms with Gasteiger partial charge >= 0.3 is 5.97 Å². The van der Waals surface area contributed by atoms with Crippen LogP contribution in [0.4, 0.5) is 11.4 Å². The summed E-state index contributed by atoms with van der Waals surface area (Å²) in [5.74, 6) is -0.435. The number of hydrogen-bond acceptors (Lipinski definition) is 6. The Hall–Kier alpha value is -2.08. The van der Waals surface area contributed by atoms with E-state index in [4.69, 9.17) is 5.73 Å². The minimum absolute atomic E-state index is 0.369. The number of aryl methyl sites for hydroxylation is 1. The molecule has 3 N–H and O–H groups in total. The number of para-hydroxylation sites is 1. The highest BCUT2D eigenvalue weighted by molar-refractivity contribution is 7.09. The quantitative estimate of drug-likeness (QED) is 0.663. The standard InChI is InChI=1S/C13H15N3O2S/c1-8-11(19-7-16-8)6-15-10-5-3-4-9(12(10)14)13(17)18-2/h3-5,7,15H,6,14H2,1-2H3. The maximum atomic E-state index is 11.5. The number of esters is 1. The van der Waals surface area contributed by atoms with E-state index in [9.17, 15) is 4.79 Å². The first-order valence-corrected chi connectivity index (χ1v) is 6.61. The van der Waals surface area contributed by atoms with Crippen LogP contribution in [0.1, 0.15) is 20.9 Å². The number of nitrogen functional groups attached to an aromatic ring is 1. The van der Waals surface area contributed by atoms with Crippen LogP contribution < -0.4 is 11.1 Å². The smallest absolute Gasteiger partial charge is 0.340 e. The van der Waals surface area contributed by atoms with E-state index in [0.29, 0.717) is 17.8 Å². The van der Waals surface area contributed by atoms with Crippen molar-refractivity contribution in [3.63, 3.8) is 0 Å². The topological polar surface area (TPSA) is 77.2 Å². The Morgan fingerprint density at radius 2 is 2.32 bits per heavy atom. The molecule has 1 heterocycles. The fourth-order valence-electron chi connectivity index (χ4n) is 1.68. The summed E-state index contributed by atoms with van der Waals surface area (Å²) in [5, 5.41) is 3.21. The number of nitrogens with zero attached hydrogens (tertiary/aromatic N) is 1. The lowest BCUT2D eigenvalue weighted by Crippen LogP contribution is -2.09. The summed E-state index contributed by atoms with van der Waals surface area (Å²) in [6.07, 6.45) is 0. The molecule has 0 spiro atoms. The molecule has 0 saturated carbocycles. The molecule has 2 aromatic rings. The van der Waals surface area contributed by atoms with Gasteiger partial charge in [-0.1, -0.05) is 6.07 Å². The summed E-state index contributed by atoms with van der Waals surface area (Å²) >= 11 is 1.58. The van der Waals surface area contributed by atoms with Gasteiger partial charge in [0.1, 0.15) is 0 Å². The number of nitrogens with two attached hydrogens (primary N) is 1. The minimum Gasteiger partial charge on any atom is -0.465 e. The summed E-state index contributed by atoms with van der Waals surface area (Å²) < 4.78 is 4.69. The van der Waals surface area contributed by atoms with Gasteiger partial charge in [0, 0.05) is 4.88 Å². The zero-order valence-electron chi connectivity index (χ0n) is 10.8. The summed E-state index contributed by atoms with van der Waals surface area (Å²) in [5.41, 5.74) is 10.3. The molecule has 0 fully saturated rings. The van der Waals surface area contributed by atoms with Gasteiger partial charge in [-0.25, -0.2) is 9.78 Å². The second-order valence-corrected chi connectivity index (χ2v) is 4.91. The maximum Gasteiger partial charge on any atom is 0.340 e. The number of ether oxygens (including phenoxy) is 1. The Labute approximate surface area is 115 Å². The highest BCUT2D eigenvalue weighted by Gasteiger charge is 2.12. The monoisotopic (exact) mass is 277 g/mol. The predicted molar refractivity (Wildman–Crippen MR) is 76.4 cm³/mol. The van der Waals surface area contributed by atoms with Crippen LogP contribution in [0.2, 0.25) is 0 Å². The van der Waals surface area contributed by atoms with Crippen LogP contribution in [-0.2, 0) is 11.3 Å². The average molecular weight is 277 g/mol. The van der Waals surface area contributed by atoms with E-state index in [0.717, 1.165) is 16.3 Å². The van der Waals surface area contributed by atoms with Gasteiger partial charge in [-0.2, -0.15) is 0 Å². The first kappa shape index (κ1) is 13.4. The number of nitrogens with one attached hydrogen (secondary N) is 1. The molecular weight excluding hydrogens is 262 g/mol. The number of thiazole rings is 1. The fraction of sp³-hybridized carbons (Fsp3) is 0.231. The lowest BCUT2D eigenvalue weighted by atomic mass is 10.1. The Balaban J connectivity index is 2.17. The first-order valence-electron chi connectivity index (χ1n) is 5.73. The van der Waals surface area contributed by atoms with Crippen molar-refractivity contribution in [1.82, 2.24) is 4.98 Å². The second kappa shape index (κ2) is 5.71. The molecule has 2 rings (SSSR count). The molecule has 0 atom stereocenters. The zero-order chi connectivity index (χ0) is 13.8. The molecule has 1 aromatic carbocycles. The third kappa shape index (κ3) is 2.85. The van der Waals surface area contributed by atoms with E-state index in [1.807, 2.05) is 13.0 Å². The zero-order valence-corrected chi connectivity index (χ0v) is 11.6. The van der Waals surface area contributed by atoms with E-state index in [1.54, 1.807) is 29.0 Å². The van der Waals surface area contributed by atoms with Gasteiger partial charge in [-0.15, -0.1) is 11.3 Å². The predicted octanol–water partition coefficient (Wildman–Crippen LogP) is 2.43. The molecule has 0 unspecified atom stereocenters. The third-order valence-corrected chi connectivity index (χ3v) is 3.73. The van der Waals surface area contributed by atoms with Crippen molar-refractivity contribution in [2.75, 3.05) is 18.2 Å². The second-order valence-electron chi connectivity index (χ2n) is 3.97. The van der Waals surface area contributed by atoms with Crippen LogP contribution in [0.3, 0.4) is 0 Å². The van der Waals surface area contributed by atoms with Crippen molar-refractivity contribution in [1.29, 1.82) is 0 Å². The fourth-order valence-corrected chi connectivity index (χ4v) is 2.40. The van der Waals surface area contributed by atoms with Crippen LogP contribution in [0, 0.1) is 6.92 Å². The summed E-state index contributed by atoms with van der Waals surface area (Å²) in [6, 6.07) is 5.24. The Bertz CT molecular complexity index is 595. The van der Waals surface area contributed by atoms with Crippen LogP contribution in [0.15, 0.2) is 23.7 Å². The van der Waals surface area contributed by atoms with Gasteiger partial charge < -0.3 is 15.8 Å². The van der Waals surface area contributed by atoms with Gasteiger partial charge in [-0.3, -0.25) is 0 Å². The summed E-state index contributed by atoms with van der Waals surface area (Å²) in [7, 11) is 1.34. The Morgan fingerprint density at radius 3 is 2.95 bits per heavy atom. The van der Waals surface area contributed by atoms with Gasteiger partial charge in [0.2, 0.25) is 0 Å². The van der Waals surface area contributed by atoms with Crippen LogP contribution in [-0.4, -0.2) is 18.1 Å². The molecule has 5 nitrogen and oxygen atoms in total. The number of carbonyl (C=O) groups is 1. The highest BCUT2D eigenvalue weighted by Crippen LogP contribution is 2.24. The molecule has 0 amide bonds. The SMILES string of the molecule is COC(=O)c1cccc(NCc2scnc2C)c1N. The molecule has 0 aliphatic heterocycles. The average Bonchev–Trinajstić information content (AvgIpc) is 2.82. The third-order valence-electron chi connectivity index (χ3n) is 2.80. The molecule has 19 heavy (non-hydrogen) atoms. The van der Waals surface area contributed by atoms with Crippen molar-refractivity contribution in [3.8, 4) is 0 Å². The summed E-state index contributed by atoms with van der Waals surface area (Å²) in [6.45, 7) is 2.59. The molecule has 0 aliphatic carbocycles. The van der Waals surface area contributed by atoms with Gasteiger partial charge in [0.25, 0.3) is 0 Å². The van der Waals surface area contributed by atoms with Crippen molar-refractivity contribution >= 4 is 28.7 Å². The highest BCUT2D eigenvalue weighted by atomic mass is 32.1. The molecule has 6 heteroatoms. The molecule has 0 radical (unpaired) electrons. The largest absolute Gasteiger partial charge is 0.465 e. The number of anilines is 2. The molecule has 0 bridgehead atoms. The van der Waals surface area contributed by atoms with Crippen molar-refractivity contribution in [3.05, 3.63) is 39.8 Å². The number of hydrogen-bond donors (Lipinski definition) is 2. The van der Waals surface area contributed by atoms with E-state index in [2.05, 4.69) is 15.0 Å². The number of aromatic nitrogens is 1. The van der Waals surface area contributed by atoms with Crippen LogP contribution >= 0.6 is 11.3 Å². The van der Waals surface area contributed by atoms with E-state index in [1.165, 1.54) is 7.11 Å². The normalized spacial score (nSPS) is 10.2. The molecule has 0 aliphatic rings. The van der Waals surface area contributed by atoms with E-state index in [-0.39, 0.29) is 0 Å². The number of methoxy groups -OCH3 is 1. The van der Waals surface area contributed by atoms with Gasteiger partial charge in [0.15, 0.2) is 0 Å². The van der Waals surface area contributed by atoms with E-state index < -0.39 is 5.97 Å². The summed E-state index contributed by atoms with van der Waals surface area (Å²) in [4.78, 5) is 16.9. The number of benzene rings is 1. The Morgan fingerprint density at radius 1 is 1.53 bits per heavy atom. The minimum atomic E-state index is -0.435. The molecule has 1 aromatic heterocycles. The van der Waals surface area contributed by atoms with Gasteiger partial charge in [0.05, 0.1) is 41.8 Å². The van der Waals surface area contributed by atoms with E-state index >= 15 is 0 Å². The Kier molecular flexibility index (Phi) is 4.01. The van der Waals surface area contributed by atoms with Crippen molar-refractivity contribution in [2.45, 2.75) is 13.5 Å². The molecular formula is C13H15N3O2S. The van der Waals surface area contributed by atoms with Gasteiger partial charge in [-0.05, 0) is 19.1 Å². The van der Waals surface area contributed by atoms with Crippen LogP contribution in [0.25, 0.3) is 0 Å². The molecule has 100 valence electrons. The molecule has 0 saturated heterocycles.